The molecule has 1 aromatic rings. The molecule has 0 bridgehead atoms. The van der Waals surface area contributed by atoms with Crippen molar-refractivity contribution in [2.24, 2.45) is 5.92 Å². The second-order valence-electron chi connectivity index (χ2n) is 5.15. The number of hydrogen-bond donors (Lipinski definition) is 4. The molecule has 0 atom stereocenters. The third kappa shape index (κ3) is 3.83. The van der Waals surface area contributed by atoms with Crippen LogP contribution in [0.25, 0.3) is 0 Å². The summed E-state index contributed by atoms with van der Waals surface area (Å²) >= 11 is 1.28. The molecule has 0 saturated heterocycles. The van der Waals surface area contributed by atoms with Gasteiger partial charge in [-0.05, 0) is 38.5 Å². The maximum atomic E-state index is 12.1. The van der Waals surface area contributed by atoms with Gasteiger partial charge < -0.3 is 21.5 Å². The average Bonchev–Trinajstić information content (AvgIpc) is 2.79. The second kappa shape index (κ2) is 6.90. The van der Waals surface area contributed by atoms with E-state index in [4.69, 9.17) is 5.73 Å². The SMILES string of the molecule is CCNc1nc(N)c(C(=O)NCC2CCC(O)CC2)s1. The van der Waals surface area contributed by atoms with Crippen LogP contribution in [0.5, 0.6) is 0 Å². The van der Waals surface area contributed by atoms with Crippen LogP contribution in [0.15, 0.2) is 0 Å². The van der Waals surface area contributed by atoms with Crippen LogP contribution in [0.4, 0.5) is 10.9 Å². The number of nitrogens with one attached hydrogen (secondary N) is 2. The molecule has 7 heteroatoms. The molecule has 1 heterocycles. The lowest BCUT2D eigenvalue weighted by Gasteiger charge is -2.25. The number of aliphatic hydroxyl groups excluding tert-OH is 1. The summed E-state index contributed by atoms with van der Waals surface area (Å²) in [5, 5.41) is 16.1. The van der Waals surface area contributed by atoms with Crippen molar-refractivity contribution in [1.82, 2.24) is 10.3 Å². The van der Waals surface area contributed by atoms with Crippen LogP contribution in [0.1, 0.15) is 42.3 Å². The zero-order valence-corrected chi connectivity index (χ0v) is 12.5. The Morgan fingerprint density at radius 3 is 2.80 bits per heavy atom. The summed E-state index contributed by atoms with van der Waals surface area (Å²) in [5.41, 5.74) is 5.76. The standard InChI is InChI=1S/C13H22N4O2S/c1-2-15-13-17-11(14)10(20-13)12(19)16-7-8-3-5-9(18)6-4-8/h8-9,18H,2-7,14H2,1H3,(H,15,17)(H,16,19). The van der Waals surface area contributed by atoms with Gasteiger partial charge in [-0.1, -0.05) is 11.3 Å². The second-order valence-corrected chi connectivity index (χ2v) is 6.15. The van der Waals surface area contributed by atoms with E-state index in [0.717, 1.165) is 32.2 Å². The lowest BCUT2D eigenvalue weighted by atomic mass is 9.87. The molecule has 112 valence electrons. The highest BCUT2D eigenvalue weighted by Gasteiger charge is 2.21. The molecule has 1 fully saturated rings. The number of nitrogens with zero attached hydrogens (tertiary/aromatic N) is 1. The van der Waals surface area contributed by atoms with Crippen molar-refractivity contribution < 1.29 is 9.90 Å². The molecule has 0 aliphatic heterocycles. The van der Waals surface area contributed by atoms with E-state index in [1.54, 1.807) is 0 Å². The first kappa shape index (κ1) is 15.1. The molecule has 1 aliphatic carbocycles. The number of aromatic nitrogens is 1. The van der Waals surface area contributed by atoms with Gasteiger partial charge in [0.05, 0.1) is 6.10 Å². The van der Waals surface area contributed by atoms with Crippen LogP contribution in [0, 0.1) is 5.92 Å². The lowest BCUT2D eigenvalue weighted by Crippen LogP contribution is -2.32. The van der Waals surface area contributed by atoms with Gasteiger partial charge in [0.2, 0.25) is 0 Å². The third-order valence-electron chi connectivity index (χ3n) is 3.56. The highest BCUT2D eigenvalue weighted by molar-refractivity contribution is 7.18. The number of amides is 1. The molecule has 2 rings (SSSR count). The van der Waals surface area contributed by atoms with E-state index in [2.05, 4.69) is 15.6 Å². The minimum Gasteiger partial charge on any atom is -0.393 e. The van der Waals surface area contributed by atoms with Crippen LogP contribution in [0.3, 0.4) is 0 Å². The summed E-state index contributed by atoms with van der Waals surface area (Å²) in [4.78, 5) is 16.7. The largest absolute Gasteiger partial charge is 0.393 e. The maximum Gasteiger partial charge on any atom is 0.265 e. The molecule has 0 spiro atoms. The Hall–Kier alpha value is -1.34. The summed E-state index contributed by atoms with van der Waals surface area (Å²) in [6.07, 6.45) is 3.41. The van der Waals surface area contributed by atoms with Gasteiger partial charge in [-0.3, -0.25) is 4.79 Å². The van der Waals surface area contributed by atoms with Crippen LogP contribution < -0.4 is 16.4 Å². The summed E-state index contributed by atoms with van der Waals surface area (Å²) in [5.74, 6) is 0.572. The van der Waals surface area contributed by atoms with Crippen molar-refractivity contribution in [3.8, 4) is 0 Å². The summed E-state index contributed by atoms with van der Waals surface area (Å²) < 4.78 is 0. The van der Waals surface area contributed by atoms with E-state index in [1.807, 2.05) is 6.92 Å². The number of thiazole rings is 1. The maximum absolute atomic E-state index is 12.1. The normalized spacial score (nSPS) is 22.5. The Labute approximate surface area is 122 Å². The fourth-order valence-corrected chi connectivity index (χ4v) is 3.26. The van der Waals surface area contributed by atoms with E-state index in [9.17, 15) is 9.90 Å². The molecule has 0 radical (unpaired) electrons. The van der Waals surface area contributed by atoms with Gasteiger partial charge in [0.15, 0.2) is 5.13 Å². The van der Waals surface area contributed by atoms with Gasteiger partial charge in [-0.25, -0.2) is 4.98 Å². The molecule has 1 aromatic heterocycles. The molecule has 20 heavy (non-hydrogen) atoms. The summed E-state index contributed by atoms with van der Waals surface area (Å²) in [7, 11) is 0. The van der Waals surface area contributed by atoms with E-state index in [-0.39, 0.29) is 17.8 Å². The van der Waals surface area contributed by atoms with Crippen molar-refractivity contribution in [3.63, 3.8) is 0 Å². The Bertz CT molecular complexity index is 455. The minimum atomic E-state index is -0.165. The molecule has 6 nitrogen and oxygen atoms in total. The Balaban J connectivity index is 1.85. The molecule has 0 unspecified atom stereocenters. The molecular weight excluding hydrogens is 276 g/mol. The molecule has 1 aliphatic rings. The number of carbonyl (C=O) groups is 1. The van der Waals surface area contributed by atoms with Gasteiger partial charge in [0, 0.05) is 13.1 Å². The quantitative estimate of drug-likeness (QED) is 0.659. The first-order valence-electron chi connectivity index (χ1n) is 7.06. The minimum absolute atomic E-state index is 0.157. The number of anilines is 2. The van der Waals surface area contributed by atoms with Gasteiger partial charge in [0.25, 0.3) is 5.91 Å². The van der Waals surface area contributed by atoms with E-state index in [1.165, 1.54) is 11.3 Å². The third-order valence-corrected chi connectivity index (χ3v) is 4.58. The topological polar surface area (TPSA) is 100 Å². The van der Waals surface area contributed by atoms with E-state index in [0.29, 0.717) is 22.5 Å². The van der Waals surface area contributed by atoms with Crippen LogP contribution in [0.2, 0.25) is 0 Å². The van der Waals surface area contributed by atoms with Crippen molar-refractivity contribution in [1.29, 1.82) is 0 Å². The van der Waals surface area contributed by atoms with E-state index < -0.39 is 0 Å². The van der Waals surface area contributed by atoms with Crippen molar-refractivity contribution in [2.45, 2.75) is 38.7 Å². The van der Waals surface area contributed by atoms with E-state index >= 15 is 0 Å². The van der Waals surface area contributed by atoms with Gasteiger partial charge >= 0.3 is 0 Å². The molecule has 1 amide bonds. The smallest absolute Gasteiger partial charge is 0.265 e. The Morgan fingerprint density at radius 2 is 2.15 bits per heavy atom. The van der Waals surface area contributed by atoms with Crippen LogP contribution in [-0.2, 0) is 0 Å². The van der Waals surface area contributed by atoms with Crippen molar-refractivity contribution in [2.75, 3.05) is 24.1 Å². The molecular formula is C13H22N4O2S. The van der Waals surface area contributed by atoms with Crippen LogP contribution in [-0.4, -0.2) is 35.2 Å². The van der Waals surface area contributed by atoms with Gasteiger partial charge in [-0.2, -0.15) is 0 Å². The Kier molecular flexibility index (Phi) is 5.19. The highest BCUT2D eigenvalue weighted by atomic mass is 32.1. The first-order valence-corrected chi connectivity index (χ1v) is 7.88. The predicted molar refractivity (Wildman–Crippen MR) is 81.0 cm³/mol. The number of rotatable bonds is 5. The molecule has 0 aromatic carbocycles. The number of aliphatic hydroxyl groups is 1. The van der Waals surface area contributed by atoms with Gasteiger partial charge in [-0.15, -0.1) is 0 Å². The van der Waals surface area contributed by atoms with Crippen LogP contribution >= 0.6 is 11.3 Å². The van der Waals surface area contributed by atoms with Gasteiger partial charge in [0.1, 0.15) is 10.7 Å². The summed E-state index contributed by atoms with van der Waals surface area (Å²) in [6.45, 7) is 3.35. The number of nitrogen functional groups attached to an aromatic ring is 1. The van der Waals surface area contributed by atoms with Crippen molar-refractivity contribution >= 4 is 28.2 Å². The fourth-order valence-electron chi connectivity index (χ4n) is 2.39. The monoisotopic (exact) mass is 298 g/mol. The molecule has 5 N–H and O–H groups in total. The predicted octanol–water partition coefficient (Wildman–Crippen LogP) is 1.44. The number of nitrogens with two attached hydrogens (primary N) is 1. The average molecular weight is 298 g/mol. The number of hydrogen-bond acceptors (Lipinski definition) is 6. The Morgan fingerprint density at radius 1 is 1.45 bits per heavy atom. The summed E-state index contributed by atoms with van der Waals surface area (Å²) in [6, 6.07) is 0. The lowest BCUT2D eigenvalue weighted by molar-refractivity contribution is 0.0914. The zero-order valence-electron chi connectivity index (χ0n) is 11.7. The fraction of sp³-hybridized carbons (Fsp3) is 0.692. The highest BCUT2D eigenvalue weighted by Crippen LogP contribution is 2.26. The zero-order chi connectivity index (χ0) is 14.5. The molecule has 1 saturated carbocycles. The number of carbonyl (C=O) groups excluding carboxylic acids is 1. The van der Waals surface area contributed by atoms with Crippen molar-refractivity contribution in [3.05, 3.63) is 4.88 Å². The first-order chi connectivity index (χ1) is 9.60.